The number of para-hydroxylation sites is 1. The third-order valence-electron chi connectivity index (χ3n) is 3.12. The summed E-state index contributed by atoms with van der Waals surface area (Å²) in [7, 11) is 1.58. The maximum Gasteiger partial charge on any atom is 0.224 e. The molecule has 21 heavy (non-hydrogen) atoms. The van der Waals surface area contributed by atoms with E-state index in [1.165, 1.54) is 0 Å². The zero-order valence-corrected chi connectivity index (χ0v) is 12.1. The lowest BCUT2D eigenvalue weighted by molar-refractivity contribution is -0.115. The summed E-state index contributed by atoms with van der Waals surface area (Å²) in [6.45, 7) is 1.77. The summed E-state index contributed by atoms with van der Waals surface area (Å²) in [5.74, 6) is 0.439. The van der Waals surface area contributed by atoms with Crippen LogP contribution in [0.1, 0.15) is 29.3 Å². The van der Waals surface area contributed by atoms with E-state index < -0.39 is 0 Å². The molecular formula is C17H17NO3. The Labute approximate surface area is 123 Å². The molecule has 0 aliphatic carbocycles. The zero-order chi connectivity index (χ0) is 15.2. The smallest absolute Gasteiger partial charge is 0.224 e. The fraction of sp³-hybridized carbons (Fsp3) is 0.176. The fourth-order valence-electron chi connectivity index (χ4n) is 1.93. The quantitative estimate of drug-likeness (QED) is 0.857. The van der Waals surface area contributed by atoms with Gasteiger partial charge in [-0.25, -0.2) is 0 Å². The Balaban J connectivity index is 2.31. The summed E-state index contributed by atoms with van der Waals surface area (Å²) in [6, 6.07) is 13.9. The highest BCUT2D eigenvalue weighted by Crippen LogP contribution is 2.21. The number of methoxy groups -OCH3 is 1. The van der Waals surface area contributed by atoms with Crippen molar-refractivity contribution in [3.63, 3.8) is 0 Å². The molecule has 0 unspecified atom stereocenters. The molecule has 0 fully saturated rings. The number of amides is 1. The molecule has 0 spiro atoms. The molecule has 0 atom stereocenters. The maximum atomic E-state index is 12.5. The van der Waals surface area contributed by atoms with Gasteiger partial charge in [0.15, 0.2) is 5.78 Å². The third kappa shape index (κ3) is 3.48. The van der Waals surface area contributed by atoms with Gasteiger partial charge in [-0.2, -0.15) is 0 Å². The van der Waals surface area contributed by atoms with Crippen molar-refractivity contribution < 1.29 is 14.3 Å². The highest BCUT2D eigenvalue weighted by Gasteiger charge is 2.14. The number of ether oxygens (including phenoxy) is 1. The minimum Gasteiger partial charge on any atom is -0.497 e. The van der Waals surface area contributed by atoms with Crippen LogP contribution in [0.5, 0.6) is 5.75 Å². The number of nitrogens with one attached hydrogen (secondary N) is 1. The molecule has 0 radical (unpaired) electrons. The average molecular weight is 283 g/mol. The predicted octanol–water partition coefficient (Wildman–Crippen LogP) is 3.27. The van der Waals surface area contributed by atoms with Crippen LogP contribution in [0.3, 0.4) is 0 Å². The van der Waals surface area contributed by atoms with Gasteiger partial charge in [0.05, 0.1) is 12.8 Å². The molecule has 4 nitrogen and oxygen atoms in total. The van der Waals surface area contributed by atoms with Gasteiger partial charge in [0.25, 0.3) is 0 Å². The van der Waals surface area contributed by atoms with Gasteiger partial charge in [-0.3, -0.25) is 9.59 Å². The number of hydrogen-bond acceptors (Lipinski definition) is 3. The standard InChI is InChI=1S/C17H17NO3/c1-3-16(19)18-15-7-5-4-6-14(15)17(20)12-8-10-13(21-2)11-9-12/h4-11H,3H2,1-2H3,(H,18,19). The monoisotopic (exact) mass is 283 g/mol. The van der Waals surface area contributed by atoms with Crippen molar-refractivity contribution in [3.05, 3.63) is 59.7 Å². The van der Waals surface area contributed by atoms with E-state index in [2.05, 4.69) is 5.32 Å². The van der Waals surface area contributed by atoms with Crippen LogP contribution < -0.4 is 10.1 Å². The predicted molar refractivity (Wildman–Crippen MR) is 81.8 cm³/mol. The highest BCUT2D eigenvalue weighted by atomic mass is 16.5. The SMILES string of the molecule is CCC(=O)Nc1ccccc1C(=O)c1ccc(OC)cc1. The fourth-order valence-corrected chi connectivity index (χ4v) is 1.93. The summed E-state index contributed by atoms with van der Waals surface area (Å²) in [5.41, 5.74) is 1.56. The van der Waals surface area contributed by atoms with Gasteiger partial charge in [0.2, 0.25) is 5.91 Å². The molecule has 2 rings (SSSR count). The van der Waals surface area contributed by atoms with Gasteiger partial charge in [0.1, 0.15) is 5.75 Å². The lowest BCUT2D eigenvalue weighted by Crippen LogP contribution is -2.13. The number of carbonyl (C=O) groups is 2. The van der Waals surface area contributed by atoms with E-state index in [1.807, 2.05) is 0 Å². The molecule has 0 heterocycles. The Morgan fingerprint density at radius 1 is 1.05 bits per heavy atom. The van der Waals surface area contributed by atoms with E-state index in [0.717, 1.165) is 0 Å². The molecule has 2 aromatic carbocycles. The summed E-state index contributed by atoms with van der Waals surface area (Å²) in [4.78, 5) is 24.1. The number of rotatable bonds is 5. The lowest BCUT2D eigenvalue weighted by Gasteiger charge is -2.10. The van der Waals surface area contributed by atoms with E-state index in [1.54, 1.807) is 62.6 Å². The summed E-state index contributed by atoms with van der Waals surface area (Å²) in [6.07, 6.45) is 0.366. The van der Waals surface area contributed by atoms with E-state index in [0.29, 0.717) is 29.0 Å². The first-order valence-corrected chi connectivity index (χ1v) is 6.73. The average Bonchev–Trinajstić information content (AvgIpc) is 2.54. The van der Waals surface area contributed by atoms with Gasteiger partial charge in [-0.05, 0) is 36.4 Å². The van der Waals surface area contributed by atoms with Crippen LogP contribution in [-0.4, -0.2) is 18.8 Å². The molecule has 2 aromatic rings. The molecule has 4 heteroatoms. The molecule has 0 aromatic heterocycles. The second kappa shape index (κ2) is 6.70. The number of ketones is 1. The summed E-state index contributed by atoms with van der Waals surface area (Å²) < 4.78 is 5.08. The first kappa shape index (κ1) is 14.8. The normalized spacial score (nSPS) is 10.0. The molecular weight excluding hydrogens is 266 g/mol. The van der Waals surface area contributed by atoms with Crippen LogP contribution in [0.15, 0.2) is 48.5 Å². The van der Waals surface area contributed by atoms with Crippen LogP contribution in [0.2, 0.25) is 0 Å². The van der Waals surface area contributed by atoms with Gasteiger partial charge < -0.3 is 10.1 Å². The van der Waals surface area contributed by atoms with Crippen molar-refractivity contribution in [2.45, 2.75) is 13.3 Å². The number of anilines is 1. The largest absolute Gasteiger partial charge is 0.497 e. The summed E-state index contributed by atoms with van der Waals surface area (Å²) in [5, 5.41) is 2.75. The van der Waals surface area contributed by atoms with Crippen molar-refractivity contribution in [2.24, 2.45) is 0 Å². The highest BCUT2D eigenvalue weighted by molar-refractivity contribution is 6.13. The minimum absolute atomic E-state index is 0.120. The molecule has 1 amide bonds. The molecule has 0 aliphatic heterocycles. The molecule has 0 saturated heterocycles. The van der Waals surface area contributed by atoms with Crippen LogP contribution in [-0.2, 0) is 4.79 Å². The second-order valence-electron chi connectivity index (χ2n) is 4.50. The van der Waals surface area contributed by atoms with Gasteiger partial charge in [-0.1, -0.05) is 19.1 Å². The van der Waals surface area contributed by atoms with Crippen LogP contribution in [0.4, 0.5) is 5.69 Å². The minimum atomic E-state index is -0.135. The molecule has 0 saturated carbocycles. The van der Waals surface area contributed by atoms with Crippen molar-refractivity contribution in [1.82, 2.24) is 0 Å². The molecule has 108 valence electrons. The van der Waals surface area contributed by atoms with Crippen molar-refractivity contribution in [2.75, 3.05) is 12.4 Å². The Bertz CT molecular complexity index is 647. The Morgan fingerprint density at radius 2 is 1.71 bits per heavy atom. The van der Waals surface area contributed by atoms with E-state index in [4.69, 9.17) is 4.74 Å². The topological polar surface area (TPSA) is 55.4 Å². The summed E-state index contributed by atoms with van der Waals surface area (Å²) >= 11 is 0. The van der Waals surface area contributed by atoms with Crippen molar-refractivity contribution >= 4 is 17.4 Å². The van der Waals surface area contributed by atoms with E-state index >= 15 is 0 Å². The molecule has 0 aliphatic rings. The van der Waals surface area contributed by atoms with Gasteiger partial charge >= 0.3 is 0 Å². The van der Waals surface area contributed by atoms with Crippen LogP contribution >= 0.6 is 0 Å². The lowest BCUT2D eigenvalue weighted by atomic mass is 10.0. The zero-order valence-electron chi connectivity index (χ0n) is 12.1. The first-order chi connectivity index (χ1) is 10.2. The van der Waals surface area contributed by atoms with Gasteiger partial charge in [-0.15, -0.1) is 0 Å². The van der Waals surface area contributed by atoms with Gasteiger partial charge in [0, 0.05) is 17.5 Å². The van der Waals surface area contributed by atoms with Crippen molar-refractivity contribution in [1.29, 1.82) is 0 Å². The molecule has 1 N–H and O–H groups in total. The van der Waals surface area contributed by atoms with E-state index in [-0.39, 0.29) is 11.7 Å². The first-order valence-electron chi connectivity index (χ1n) is 6.73. The maximum absolute atomic E-state index is 12.5. The Kier molecular flexibility index (Phi) is 4.72. The van der Waals surface area contributed by atoms with E-state index in [9.17, 15) is 9.59 Å². The van der Waals surface area contributed by atoms with Crippen LogP contribution in [0.25, 0.3) is 0 Å². The number of carbonyl (C=O) groups excluding carboxylic acids is 2. The van der Waals surface area contributed by atoms with Crippen molar-refractivity contribution in [3.8, 4) is 5.75 Å². The molecule has 0 bridgehead atoms. The Morgan fingerprint density at radius 3 is 2.33 bits per heavy atom. The Hall–Kier alpha value is -2.62. The number of hydrogen-bond donors (Lipinski definition) is 1. The van der Waals surface area contributed by atoms with Crippen LogP contribution in [0, 0.1) is 0 Å². The number of benzene rings is 2. The third-order valence-corrected chi connectivity index (χ3v) is 3.12. The second-order valence-corrected chi connectivity index (χ2v) is 4.50.